The van der Waals surface area contributed by atoms with Gasteiger partial charge in [-0.15, -0.1) is 0 Å². The predicted molar refractivity (Wildman–Crippen MR) is 270 cm³/mol. The third kappa shape index (κ3) is 26.8. The van der Waals surface area contributed by atoms with Crippen molar-refractivity contribution in [2.45, 2.75) is 158 Å². The van der Waals surface area contributed by atoms with Crippen molar-refractivity contribution in [1.29, 1.82) is 0 Å². The molecule has 13 nitrogen and oxygen atoms in total. The van der Waals surface area contributed by atoms with E-state index in [1.807, 2.05) is 20.8 Å². The maximum absolute atomic E-state index is 13.7. The Bertz CT molecular complexity index is 2640. The lowest BCUT2D eigenvalue weighted by atomic mass is 10.1. The van der Waals surface area contributed by atoms with Crippen molar-refractivity contribution < 1.29 is 51.2 Å². The summed E-state index contributed by atoms with van der Waals surface area (Å²) < 4.78 is 154. The van der Waals surface area contributed by atoms with Crippen LogP contribution in [0.15, 0.2) is 92.4 Å². The quantitative estimate of drug-likeness (QED) is 0.0606. The van der Waals surface area contributed by atoms with E-state index >= 15 is 0 Å². The van der Waals surface area contributed by atoms with Crippen LogP contribution in [0.1, 0.15) is 113 Å². The first-order valence-corrected chi connectivity index (χ1v) is 27.9. The van der Waals surface area contributed by atoms with E-state index in [1.165, 1.54) is 42.5 Å². The summed E-state index contributed by atoms with van der Waals surface area (Å²) in [6.07, 6.45) is 0. The first kappa shape index (κ1) is 67.0. The minimum absolute atomic E-state index is 0. The molecule has 0 radical (unpaired) electrons. The molecule has 0 aliphatic carbocycles. The molecular formula is C45H69BrClF4N5O8S4. The van der Waals surface area contributed by atoms with Gasteiger partial charge in [0.25, 0.3) is 9.05 Å². The molecule has 23 heteroatoms. The van der Waals surface area contributed by atoms with Crippen LogP contribution in [0.25, 0.3) is 0 Å². The van der Waals surface area contributed by atoms with E-state index in [2.05, 4.69) is 30.1 Å². The summed E-state index contributed by atoms with van der Waals surface area (Å²) in [5, 5.41) is 0.483. The average Bonchev–Trinajstić information content (AvgIpc) is 3.07. The number of benzene rings is 4. The molecule has 0 aromatic heterocycles. The Morgan fingerprint density at radius 2 is 0.750 bits per heavy atom. The second-order valence-corrected chi connectivity index (χ2v) is 27.2. The molecule has 0 atom stereocenters. The van der Waals surface area contributed by atoms with E-state index in [0.29, 0.717) is 27.6 Å². The average molecular weight is 1130 g/mol. The summed E-state index contributed by atoms with van der Waals surface area (Å²) in [6.45, 7) is 24.7. The van der Waals surface area contributed by atoms with Gasteiger partial charge < -0.3 is 11.5 Å². The smallest absolute Gasteiger partial charge is 0.264 e. The molecule has 0 heterocycles. The number of aryl methyl sites for hydroxylation is 2. The number of hydrogen-bond acceptors (Lipinski definition) is 10. The molecule has 388 valence electrons. The van der Waals surface area contributed by atoms with Gasteiger partial charge in [-0.2, -0.15) is 0 Å². The van der Waals surface area contributed by atoms with Crippen molar-refractivity contribution in [2.24, 2.45) is 11.5 Å². The van der Waals surface area contributed by atoms with Gasteiger partial charge in [-0.05, 0) is 168 Å². The van der Waals surface area contributed by atoms with E-state index in [-0.39, 0.29) is 34.2 Å². The summed E-state index contributed by atoms with van der Waals surface area (Å²) in [7, 11) is -10.4. The second-order valence-electron chi connectivity index (χ2n) is 19.1. The van der Waals surface area contributed by atoms with Gasteiger partial charge in [-0.25, -0.2) is 65.4 Å². The molecule has 0 saturated carbocycles. The molecule has 4 aromatic carbocycles. The van der Waals surface area contributed by atoms with E-state index in [9.17, 15) is 51.2 Å². The zero-order valence-corrected chi connectivity index (χ0v) is 45.8. The van der Waals surface area contributed by atoms with Gasteiger partial charge in [0.1, 0.15) is 42.9 Å². The molecule has 0 spiro atoms. The summed E-state index contributed by atoms with van der Waals surface area (Å²) in [5.41, 5.74) is 11.4. The fourth-order valence-corrected chi connectivity index (χ4v) is 10.4. The Hall–Kier alpha value is -3.03. The fraction of sp³-hybridized carbons (Fsp3) is 0.467. The zero-order chi connectivity index (χ0) is 52.9. The maximum atomic E-state index is 13.7. The normalized spacial score (nSPS) is 12.3. The fourth-order valence-electron chi connectivity index (χ4n) is 4.74. The SMILES string of the molecule is C.CC(C)(C)N.CC(C)(C)NS(=O)(=O)c1ccc(CBr)cc1F.CC(C)(C)NS(=O)(=O)c1ccc(CN)cc1F.Cc1ccc(S(=O)(=O)Cl)c(F)c1.Cc1ccc(S(=O)(=O)NC(C)(C)C)c(F)c1. The number of halogens is 6. The van der Waals surface area contributed by atoms with E-state index in [4.69, 9.17) is 22.1 Å². The third-order valence-corrected chi connectivity index (χ3v) is 14.4. The highest BCUT2D eigenvalue weighted by Gasteiger charge is 2.27. The molecule has 0 amide bonds. The highest BCUT2D eigenvalue weighted by molar-refractivity contribution is 9.08. The molecule has 7 N–H and O–H groups in total. The first-order chi connectivity index (χ1) is 29.8. The van der Waals surface area contributed by atoms with Gasteiger partial charge in [-0.1, -0.05) is 47.6 Å². The van der Waals surface area contributed by atoms with Crippen LogP contribution in [0.3, 0.4) is 0 Å². The number of sulfonamides is 3. The number of nitrogens with one attached hydrogen (secondary N) is 3. The molecule has 0 unspecified atom stereocenters. The first-order valence-electron chi connectivity index (χ1n) is 20.0. The van der Waals surface area contributed by atoms with Gasteiger partial charge in [0.15, 0.2) is 0 Å². The van der Waals surface area contributed by atoms with Gasteiger partial charge in [0, 0.05) is 44.7 Å². The minimum atomic E-state index is -3.95. The highest BCUT2D eigenvalue weighted by atomic mass is 79.9. The van der Waals surface area contributed by atoms with Crippen molar-refractivity contribution in [2.75, 3.05) is 0 Å². The van der Waals surface area contributed by atoms with Crippen LogP contribution in [0, 0.1) is 37.1 Å². The Labute approximate surface area is 416 Å². The van der Waals surface area contributed by atoms with Crippen molar-refractivity contribution in [3.8, 4) is 0 Å². The lowest BCUT2D eigenvalue weighted by molar-refractivity contribution is 0.484. The molecule has 0 aliphatic rings. The van der Waals surface area contributed by atoms with Crippen LogP contribution < -0.4 is 25.6 Å². The molecule has 4 aromatic rings. The van der Waals surface area contributed by atoms with E-state index < -0.39 is 83.9 Å². The van der Waals surface area contributed by atoms with Crippen LogP contribution in [0.2, 0.25) is 0 Å². The van der Waals surface area contributed by atoms with E-state index in [1.54, 1.807) is 88.3 Å². The van der Waals surface area contributed by atoms with Crippen LogP contribution in [0.4, 0.5) is 17.6 Å². The zero-order valence-electron chi connectivity index (χ0n) is 40.2. The molecule has 0 fully saturated rings. The molecular weight excluding hydrogens is 1060 g/mol. The van der Waals surface area contributed by atoms with Crippen molar-refractivity contribution in [3.63, 3.8) is 0 Å². The largest absolute Gasteiger partial charge is 0.326 e. The lowest BCUT2D eigenvalue weighted by Crippen LogP contribution is -2.40. The predicted octanol–water partition coefficient (Wildman–Crippen LogP) is 9.81. The van der Waals surface area contributed by atoms with E-state index in [0.717, 1.165) is 18.2 Å². The summed E-state index contributed by atoms with van der Waals surface area (Å²) in [4.78, 5) is -1.47. The van der Waals surface area contributed by atoms with Gasteiger partial charge in [-0.3, -0.25) is 0 Å². The Kier molecular flexibility index (Phi) is 26.1. The number of alkyl halides is 1. The highest BCUT2D eigenvalue weighted by Crippen LogP contribution is 2.22. The van der Waals surface area contributed by atoms with Crippen LogP contribution in [0.5, 0.6) is 0 Å². The molecule has 0 bridgehead atoms. The van der Waals surface area contributed by atoms with Crippen LogP contribution >= 0.6 is 26.6 Å². The molecule has 68 heavy (non-hydrogen) atoms. The van der Waals surface area contributed by atoms with Crippen molar-refractivity contribution >= 4 is 65.7 Å². The Balaban J connectivity index is 0. The summed E-state index contributed by atoms with van der Waals surface area (Å²) in [5.74, 6) is -3.06. The Morgan fingerprint density at radius 1 is 0.500 bits per heavy atom. The van der Waals surface area contributed by atoms with Gasteiger partial charge in [0.05, 0.1) is 0 Å². The van der Waals surface area contributed by atoms with Gasteiger partial charge in [0.2, 0.25) is 30.1 Å². The standard InChI is InChI=1S/C11H15BrFNO2S.C11H17FN2O2S.C11H16FNO2S.C7H6ClFO2S.C4H11N.CH4/c1-11(2,3)14-17(15,16)10-5-4-8(7-12)6-9(10)13;1-11(2,3)14-17(15,16)10-5-4-8(7-13)6-9(10)12;1-8-5-6-10(9(12)7-8)16(14,15)13-11(2,3)4;1-5-2-3-7(6(9)4-5)12(8,10)11;1-4(2,3)5;/h4-6,14H,7H2,1-3H3;4-6,14H,7,13H2,1-3H3;5-7,13H,1-4H3;2-4H,1H3;5H2,1-3H3;1H4. The van der Waals surface area contributed by atoms with Crippen LogP contribution in [-0.2, 0) is 51.0 Å². The molecule has 4 rings (SSSR count). The second kappa shape index (κ2) is 26.4. The summed E-state index contributed by atoms with van der Waals surface area (Å²) >= 11 is 3.18. The monoisotopic (exact) mass is 1130 g/mol. The number of rotatable bonds is 9. The lowest BCUT2D eigenvalue weighted by Gasteiger charge is -2.20. The summed E-state index contributed by atoms with van der Waals surface area (Å²) in [6, 6.07) is 15.7. The van der Waals surface area contributed by atoms with Crippen molar-refractivity contribution in [3.05, 3.63) is 118 Å². The number of nitrogens with two attached hydrogens (primary N) is 2. The maximum Gasteiger partial charge on any atom is 0.264 e. The number of hydrogen-bond donors (Lipinski definition) is 5. The van der Waals surface area contributed by atoms with Crippen molar-refractivity contribution in [1.82, 2.24) is 14.2 Å². The topological polar surface area (TPSA) is 225 Å². The minimum Gasteiger partial charge on any atom is -0.326 e. The molecule has 0 aliphatic heterocycles. The molecule has 0 saturated heterocycles. The Morgan fingerprint density at radius 3 is 0.985 bits per heavy atom. The van der Waals surface area contributed by atoms with Crippen LogP contribution in [-0.4, -0.2) is 55.8 Å². The van der Waals surface area contributed by atoms with Gasteiger partial charge >= 0.3 is 0 Å². The third-order valence-electron chi connectivity index (χ3n) is 7.01.